The Morgan fingerprint density at radius 3 is 2.19 bits per heavy atom. The highest BCUT2D eigenvalue weighted by atomic mass is 35.5. The van der Waals surface area contributed by atoms with Gasteiger partial charge in [-0.1, -0.05) is 98.4 Å². The van der Waals surface area contributed by atoms with E-state index >= 15 is 0 Å². The van der Waals surface area contributed by atoms with Crippen molar-refractivity contribution in [2.24, 2.45) is 5.92 Å². The molecule has 0 amide bonds. The average Bonchev–Trinajstić information content (AvgIpc) is 2.87. The number of hydrogen-bond acceptors (Lipinski definition) is 2. The van der Waals surface area contributed by atoms with Crippen molar-refractivity contribution in [3.8, 4) is 5.75 Å². The Hall–Kier alpha value is -2.39. The van der Waals surface area contributed by atoms with Crippen LogP contribution in [0.5, 0.6) is 5.75 Å². The average molecular weight is 555 g/mol. The molecule has 3 aromatic carbocycles. The van der Waals surface area contributed by atoms with E-state index in [-0.39, 0.29) is 11.3 Å². The summed E-state index contributed by atoms with van der Waals surface area (Å²) >= 11 is 19.3. The van der Waals surface area contributed by atoms with Gasteiger partial charge in [0.1, 0.15) is 12.4 Å². The molecule has 0 saturated heterocycles. The summed E-state index contributed by atoms with van der Waals surface area (Å²) in [5.41, 5.74) is 7.75. The Bertz CT molecular complexity index is 1350. The number of benzene rings is 3. The zero-order valence-corrected chi connectivity index (χ0v) is 24.6. The van der Waals surface area contributed by atoms with Crippen LogP contribution in [0, 0.1) is 12.8 Å². The maximum atomic E-state index is 6.58. The van der Waals surface area contributed by atoms with Crippen molar-refractivity contribution in [3.63, 3.8) is 0 Å². The van der Waals surface area contributed by atoms with Gasteiger partial charge in [-0.2, -0.15) is 0 Å². The van der Waals surface area contributed by atoms with Gasteiger partial charge in [-0.25, -0.2) is 0 Å². The molecule has 0 radical (unpaired) electrons. The molecule has 0 spiro atoms. The molecule has 0 aromatic heterocycles. The highest BCUT2D eigenvalue weighted by molar-refractivity contribution is 6.42. The molecule has 37 heavy (non-hydrogen) atoms. The fraction of sp³-hybridized carbons (Fsp3) is 0.312. The molecule has 1 aliphatic rings. The summed E-state index contributed by atoms with van der Waals surface area (Å²) in [6, 6.07) is 20.5. The number of halogens is 3. The fourth-order valence-electron chi connectivity index (χ4n) is 4.74. The molecule has 0 N–H and O–H groups in total. The van der Waals surface area contributed by atoms with E-state index in [4.69, 9.17) is 39.5 Å². The van der Waals surface area contributed by atoms with E-state index in [1.165, 1.54) is 22.4 Å². The van der Waals surface area contributed by atoms with Crippen LogP contribution in [0.2, 0.25) is 15.1 Å². The van der Waals surface area contributed by atoms with Crippen LogP contribution in [0.3, 0.4) is 0 Å². The van der Waals surface area contributed by atoms with E-state index in [2.05, 4.69) is 88.9 Å². The second kappa shape index (κ2) is 11.2. The van der Waals surface area contributed by atoms with Crippen molar-refractivity contribution in [1.29, 1.82) is 0 Å². The van der Waals surface area contributed by atoms with Crippen molar-refractivity contribution in [2.45, 2.75) is 53.4 Å². The number of rotatable bonds is 7. The van der Waals surface area contributed by atoms with Gasteiger partial charge in [0.15, 0.2) is 0 Å². The number of aryl methyl sites for hydroxylation is 2. The predicted octanol–water partition coefficient (Wildman–Crippen LogP) is 10.2. The van der Waals surface area contributed by atoms with E-state index in [9.17, 15) is 0 Å². The first kappa shape index (κ1) is 27.6. The molecule has 5 heteroatoms. The quantitative estimate of drug-likeness (QED) is 0.288. The largest absolute Gasteiger partial charge is 0.486 e. The van der Waals surface area contributed by atoms with Crippen LogP contribution in [-0.2, 0) is 11.8 Å². The summed E-state index contributed by atoms with van der Waals surface area (Å²) in [4.78, 5) is 2.34. The van der Waals surface area contributed by atoms with Crippen molar-refractivity contribution in [1.82, 2.24) is 0 Å². The van der Waals surface area contributed by atoms with Crippen LogP contribution in [0.15, 0.2) is 83.7 Å². The topological polar surface area (TPSA) is 12.5 Å². The number of anilines is 1. The monoisotopic (exact) mass is 553 g/mol. The van der Waals surface area contributed by atoms with Gasteiger partial charge in [0.25, 0.3) is 0 Å². The summed E-state index contributed by atoms with van der Waals surface area (Å²) < 4.78 is 6.37. The van der Waals surface area contributed by atoms with Gasteiger partial charge in [-0.05, 0) is 79.3 Å². The van der Waals surface area contributed by atoms with Gasteiger partial charge < -0.3 is 9.64 Å². The minimum atomic E-state index is -0.361. The molecule has 2 nitrogen and oxygen atoms in total. The number of nitrogens with zero attached hydrogens (tertiary/aromatic N) is 1. The smallest absolute Gasteiger partial charge is 0.138 e. The van der Waals surface area contributed by atoms with E-state index in [0.717, 1.165) is 23.4 Å². The van der Waals surface area contributed by atoms with Crippen LogP contribution < -0.4 is 9.64 Å². The standard InChI is InChI=1S/C32H34Cl3NO/c1-7-23-10-15-30(28(35)17-23)37-19-29-22(4)21(3)16-31(36(29)25-12-8-20(2)9-13-25)32(5,6)24-11-14-26(33)27(34)18-24/h8-18,21H,7,19H2,1-6H3. The second-order valence-electron chi connectivity index (χ2n) is 10.3. The highest BCUT2D eigenvalue weighted by Gasteiger charge is 2.36. The summed E-state index contributed by atoms with van der Waals surface area (Å²) in [6.45, 7) is 13.5. The molecule has 1 unspecified atom stereocenters. The Balaban J connectivity index is 1.79. The van der Waals surface area contributed by atoms with Crippen molar-refractivity contribution in [2.75, 3.05) is 11.5 Å². The summed E-state index contributed by atoms with van der Waals surface area (Å²) in [5, 5.41) is 1.74. The lowest BCUT2D eigenvalue weighted by molar-refractivity contribution is 0.344. The Labute approximate surface area is 236 Å². The van der Waals surface area contributed by atoms with Crippen LogP contribution in [0.25, 0.3) is 0 Å². The fourth-order valence-corrected chi connectivity index (χ4v) is 5.29. The zero-order chi connectivity index (χ0) is 26.9. The minimum absolute atomic E-state index is 0.232. The predicted molar refractivity (Wildman–Crippen MR) is 159 cm³/mol. The normalized spacial score (nSPS) is 16.2. The molecule has 194 valence electrons. The van der Waals surface area contributed by atoms with E-state index in [1.54, 1.807) is 0 Å². The lowest BCUT2D eigenvalue weighted by atomic mass is 9.77. The van der Waals surface area contributed by atoms with Gasteiger partial charge in [-0.3, -0.25) is 0 Å². The maximum Gasteiger partial charge on any atom is 0.138 e. The molecule has 4 rings (SSSR count). The van der Waals surface area contributed by atoms with Gasteiger partial charge in [0.2, 0.25) is 0 Å². The molecule has 0 saturated carbocycles. The third-order valence-electron chi connectivity index (χ3n) is 7.40. The molecule has 1 heterocycles. The lowest BCUT2D eigenvalue weighted by Crippen LogP contribution is -2.39. The van der Waals surface area contributed by atoms with Gasteiger partial charge in [-0.15, -0.1) is 0 Å². The molecule has 0 fully saturated rings. The Kier molecular flexibility index (Phi) is 8.33. The van der Waals surface area contributed by atoms with Crippen LogP contribution in [-0.4, -0.2) is 6.61 Å². The molecular weight excluding hydrogens is 521 g/mol. The summed E-state index contributed by atoms with van der Waals surface area (Å²) in [6.07, 6.45) is 3.28. The first-order chi connectivity index (χ1) is 17.5. The highest BCUT2D eigenvalue weighted by Crippen LogP contribution is 2.44. The first-order valence-electron chi connectivity index (χ1n) is 12.7. The van der Waals surface area contributed by atoms with E-state index < -0.39 is 0 Å². The number of allylic oxidation sites excluding steroid dienone is 3. The molecule has 3 aromatic rings. The summed E-state index contributed by atoms with van der Waals surface area (Å²) in [7, 11) is 0. The van der Waals surface area contributed by atoms with Gasteiger partial charge >= 0.3 is 0 Å². The molecule has 1 aliphatic heterocycles. The van der Waals surface area contributed by atoms with Crippen LogP contribution in [0.4, 0.5) is 5.69 Å². The third-order valence-corrected chi connectivity index (χ3v) is 8.43. The molecular formula is C32H34Cl3NO. The third kappa shape index (κ3) is 5.72. The number of hydrogen-bond donors (Lipinski definition) is 0. The zero-order valence-electron chi connectivity index (χ0n) is 22.3. The van der Waals surface area contributed by atoms with Crippen LogP contribution >= 0.6 is 34.8 Å². The van der Waals surface area contributed by atoms with Crippen molar-refractivity contribution in [3.05, 3.63) is 115 Å². The maximum absolute atomic E-state index is 6.58. The number of ether oxygens (including phenoxy) is 1. The van der Waals surface area contributed by atoms with E-state index in [0.29, 0.717) is 27.4 Å². The Morgan fingerprint density at radius 2 is 1.57 bits per heavy atom. The Morgan fingerprint density at radius 1 is 0.865 bits per heavy atom. The van der Waals surface area contributed by atoms with Crippen molar-refractivity contribution >= 4 is 40.5 Å². The van der Waals surface area contributed by atoms with Gasteiger partial charge in [0.05, 0.1) is 20.8 Å². The second-order valence-corrected chi connectivity index (χ2v) is 11.5. The lowest BCUT2D eigenvalue weighted by Gasteiger charge is -2.43. The molecule has 1 atom stereocenters. The van der Waals surface area contributed by atoms with E-state index in [1.807, 2.05) is 24.3 Å². The molecule has 0 bridgehead atoms. The SMILES string of the molecule is CCc1ccc(OCC2=C(C)C(C)C=C(C(C)(C)c3ccc(Cl)c(Cl)c3)N2c2ccc(C)cc2)c(Cl)c1. The minimum Gasteiger partial charge on any atom is -0.486 e. The summed E-state index contributed by atoms with van der Waals surface area (Å²) in [5.74, 6) is 0.922. The first-order valence-corrected chi connectivity index (χ1v) is 13.8. The van der Waals surface area contributed by atoms with Crippen LogP contribution in [0.1, 0.15) is 51.3 Å². The van der Waals surface area contributed by atoms with Crippen molar-refractivity contribution < 1.29 is 4.74 Å². The van der Waals surface area contributed by atoms with Gasteiger partial charge in [0, 0.05) is 16.8 Å². The molecule has 0 aliphatic carbocycles.